The van der Waals surface area contributed by atoms with Gasteiger partial charge in [-0.15, -0.1) is 0 Å². The van der Waals surface area contributed by atoms with Crippen LogP contribution in [0.25, 0.3) is 0 Å². The lowest BCUT2D eigenvalue weighted by molar-refractivity contribution is 0.0997. The number of carbonyl (C=O) groups is 1. The Morgan fingerprint density at radius 3 is 2.44 bits per heavy atom. The number of carbonyl (C=O) groups excluding carboxylic acids is 1. The molecule has 0 amide bonds. The summed E-state index contributed by atoms with van der Waals surface area (Å²) in [5, 5.41) is 0. The van der Waals surface area contributed by atoms with Crippen LogP contribution in [-0.2, 0) is 0 Å². The van der Waals surface area contributed by atoms with Gasteiger partial charge in [-0.3, -0.25) is 4.79 Å². The molecule has 3 atom stereocenters. The van der Waals surface area contributed by atoms with Gasteiger partial charge in [0, 0.05) is 11.1 Å². The van der Waals surface area contributed by atoms with E-state index < -0.39 is 0 Å². The van der Waals surface area contributed by atoms with Gasteiger partial charge in [0.25, 0.3) is 0 Å². The molecule has 2 aliphatic rings. The topological polar surface area (TPSA) is 35.5 Å². The first-order valence-electron chi connectivity index (χ1n) is 9.30. The molecule has 0 unspecified atom stereocenters. The van der Waals surface area contributed by atoms with Gasteiger partial charge in [0.15, 0.2) is 17.3 Å². The molecule has 0 aliphatic heterocycles. The minimum atomic E-state index is -0.224. The fourth-order valence-electron chi connectivity index (χ4n) is 4.65. The second-order valence-electron chi connectivity index (χ2n) is 7.37. The van der Waals surface area contributed by atoms with Crippen molar-refractivity contribution < 1.29 is 18.7 Å². The van der Waals surface area contributed by atoms with Crippen molar-refractivity contribution in [2.45, 2.75) is 31.6 Å². The summed E-state index contributed by atoms with van der Waals surface area (Å²) in [6.07, 6.45) is 3.75. The van der Waals surface area contributed by atoms with Crippen molar-refractivity contribution >= 4 is 5.78 Å². The van der Waals surface area contributed by atoms with Gasteiger partial charge in [0.2, 0.25) is 0 Å². The summed E-state index contributed by atoms with van der Waals surface area (Å²) in [5.74, 6) is 1.71. The summed E-state index contributed by atoms with van der Waals surface area (Å²) in [5.41, 5.74) is 3.67. The molecule has 0 bridgehead atoms. The quantitative estimate of drug-likeness (QED) is 0.743. The molecule has 2 aliphatic carbocycles. The van der Waals surface area contributed by atoms with Crippen LogP contribution in [0.2, 0.25) is 0 Å². The zero-order valence-electron chi connectivity index (χ0n) is 15.8. The fraction of sp³-hybridized carbons (Fsp3) is 0.348. The zero-order chi connectivity index (χ0) is 19.1. The molecule has 140 valence electrons. The van der Waals surface area contributed by atoms with E-state index in [1.54, 1.807) is 20.3 Å². The molecular formula is C23H23FO3. The maximum absolute atomic E-state index is 13.3. The molecule has 0 saturated carbocycles. The Labute approximate surface area is 158 Å². The smallest absolute Gasteiger partial charge is 0.189 e. The lowest BCUT2D eigenvalue weighted by Gasteiger charge is -2.38. The van der Waals surface area contributed by atoms with Crippen LogP contribution in [0.4, 0.5) is 4.39 Å². The Balaban J connectivity index is 1.75. The van der Waals surface area contributed by atoms with Crippen molar-refractivity contribution in [1.29, 1.82) is 0 Å². The van der Waals surface area contributed by atoms with Crippen LogP contribution in [0, 0.1) is 11.7 Å². The summed E-state index contributed by atoms with van der Waals surface area (Å²) in [6.45, 7) is 2.15. The Bertz CT molecular complexity index is 914. The van der Waals surface area contributed by atoms with Gasteiger partial charge < -0.3 is 9.47 Å². The maximum Gasteiger partial charge on any atom is 0.189 e. The van der Waals surface area contributed by atoms with Gasteiger partial charge in [-0.25, -0.2) is 4.39 Å². The molecule has 0 N–H and O–H groups in total. The van der Waals surface area contributed by atoms with Crippen molar-refractivity contribution in [3.63, 3.8) is 0 Å². The van der Waals surface area contributed by atoms with Crippen LogP contribution in [0.5, 0.6) is 11.5 Å². The number of fused-ring (bicyclic) bond motifs is 2. The van der Waals surface area contributed by atoms with Crippen molar-refractivity contribution in [2.75, 3.05) is 14.2 Å². The van der Waals surface area contributed by atoms with Crippen LogP contribution in [0.3, 0.4) is 0 Å². The molecular weight excluding hydrogens is 343 g/mol. The highest BCUT2D eigenvalue weighted by Gasteiger charge is 2.41. The van der Waals surface area contributed by atoms with E-state index in [1.165, 1.54) is 12.1 Å². The lowest BCUT2D eigenvalue weighted by Crippen LogP contribution is -2.31. The number of rotatable bonds is 3. The first-order chi connectivity index (χ1) is 13.0. The summed E-state index contributed by atoms with van der Waals surface area (Å²) in [7, 11) is 3.22. The molecule has 0 heterocycles. The van der Waals surface area contributed by atoms with Gasteiger partial charge in [-0.05, 0) is 66.0 Å². The fourth-order valence-corrected chi connectivity index (χ4v) is 4.65. The molecule has 4 rings (SSSR count). The Kier molecular flexibility index (Phi) is 4.50. The highest BCUT2D eigenvalue weighted by molar-refractivity contribution is 6.12. The van der Waals surface area contributed by atoms with E-state index in [9.17, 15) is 9.18 Å². The second-order valence-corrected chi connectivity index (χ2v) is 7.37. The third kappa shape index (κ3) is 2.84. The van der Waals surface area contributed by atoms with E-state index in [0.29, 0.717) is 17.1 Å². The Morgan fingerprint density at radius 1 is 1.04 bits per heavy atom. The summed E-state index contributed by atoms with van der Waals surface area (Å²) in [6, 6.07) is 10.4. The highest BCUT2D eigenvalue weighted by atomic mass is 19.1. The predicted molar refractivity (Wildman–Crippen MR) is 102 cm³/mol. The minimum Gasteiger partial charge on any atom is -0.493 e. The summed E-state index contributed by atoms with van der Waals surface area (Å²) >= 11 is 0. The van der Waals surface area contributed by atoms with E-state index in [2.05, 4.69) is 13.0 Å². The van der Waals surface area contributed by atoms with Gasteiger partial charge in [-0.2, -0.15) is 0 Å². The molecule has 0 saturated heterocycles. The molecule has 2 aromatic rings. The van der Waals surface area contributed by atoms with Gasteiger partial charge in [-0.1, -0.05) is 25.1 Å². The molecule has 3 nitrogen and oxygen atoms in total. The molecule has 2 aromatic carbocycles. The number of benzene rings is 2. The third-order valence-corrected chi connectivity index (χ3v) is 6.05. The van der Waals surface area contributed by atoms with Crippen molar-refractivity contribution in [3.05, 3.63) is 70.6 Å². The first-order valence-corrected chi connectivity index (χ1v) is 9.30. The SMILES string of the molecule is COc1ccc2c(c1OC)[C@H](C)[C@@H]1C[C@@H](c3ccc(F)cc3)CC=C1C2=O. The van der Waals surface area contributed by atoms with Crippen molar-refractivity contribution in [2.24, 2.45) is 5.92 Å². The minimum absolute atomic E-state index is 0.0895. The van der Waals surface area contributed by atoms with Crippen molar-refractivity contribution in [1.82, 2.24) is 0 Å². The highest BCUT2D eigenvalue weighted by Crippen LogP contribution is 2.51. The van der Waals surface area contributed by atoms with Crippen LogP contribution in [0.1, 0.15) is 53.1 Å². The largest absolute Gasteiger partial charge is 0.493 e. The summed E-state index contributed by atoms with van der Waals surface area (Å²) < 4.78 is 24.3. The first kappa shape index (κ1) is 17.8. The van der Waals surface area contributed by atoms with E-state index in [4.69, 9.17) is 9.47 Å². The van der Waals surface area contributed by atoms with Gasteiger partial charge >= 0.3 is 0 Å². The zero-order valence-corrected chi connectivity index (χ0v) is 15.8. The number of methoxy groups -OCH3 is 2. The normalized spacial score (nSPS) is 23.9. The van der Waals surface area contributed by atoms with E-state index in [-0.39, 0.29) is 29.4 Å². The second kappa shape index (κ2) is 6.84. The Hall–Kier alpha value is -2.62. The number of Topliss-reactive ketones (excluding diaryl/α,β-unsaturated/α-hetero) is 1. The number of hydrogen-bond donors (Lipinski definition) is 0. The van der Waals surface area contributed by atoms with Crippen LogP contribution >= 0.6 is 0 Å². The van der Waals surface area contributed by atoms with Crippen LogP contribution < -0.4 is 9.47 Å². The monoisotopic (exact) mass is 366 g/mol. The molecule has 0 fully saturated rings. The third-order valence-electron chi connectivity index (χ3n) is 6.05. The van der Waals surface area contributed by atoms with Crippen LogP contribution in [0.15, 0.2) is 48.0 Å². The molecule has 0 spiro atoms. The lowest BCUT2D eigenvalue weighted by atomic mass is 9.65. The number of ketones is 1. The number of hydrogen-bond acceptors (Lipinski definition) is 3. The number of halogens is 1. The van der Waals surface area contributed by atoms with Gasteiger partial charge in [0.1, 0.15) is 5.82 Å². The molecule has 0 radical (unpaired) electrons. The maximum atomic E-state index is 13.3. The van der Waals surface area contributed by atoms with Gasteiger partial charge in [0.05, 0.1) is 14.2 Å². The average molecular weight is 366 g/mol. The van der Waals surface area contributed by atoms with Crippen LogP contribution in [-0.4, -0.2) is 20.0 Å². The van der Waals surface area contributed by atoms with Crippen molar-refractivity contribution in [3.8, 4) is 11.5 Å². The number of ether oxygens (including phenoxy) is 2. The average Bonchev–Trinajstić information content (AvgIpc) is 2.71. The van der Waals surface area contributed by atoms with E-state index in [0.717, 1.165) is 29.5 Å². The van der Waals surface area contributed by atoms with E-state index >= 15 is 0 Å². The molecule has 27 heavy (non-hydrogen) atoms. The standard InChI is InChI=1S/C23H23FO3/c1-13-19-12-15(14-4-7-16(24)8-5-14)6-9-17(19)22(25)18-10-11-20(26-2)23(27-3)21(13)18/h4-5,7-11,13,15,19H,6,12H2,1-3H3/t13-,15+,19+/m1/s1. The Morgan fingerprint density at radius 2 is 1.78 bits per heavy atom. The number of allylic oxidation sites excluding steroid dienone is 2. The molecule has 4 heteroatoms. The molecule has 0 aromatic heterocycles. The summed E-state index contributed by atoms with van der Waals surface area (Å²) in [4.78, 5) is 13.1. The van der Waals surface area contributed by atoms with E-state index in [1.807, 2.05) is 18.2 Å². The predicted octanol–water partition coefficient (Wildman–Crippen LogP) is 5.26.